The molecule has 122 valence electrons. The molecule has 1 saturated carbocycles. The molecular formula is C16H16FNO5. The van der Waals surface area contributed by atoms with Gasteiger partial charge in [0, 0.05) is 19.5 Å². The minimum atomic E-state index is -1.37. The van der Waals surface area contributed by atoms with Crippen LogP contribution in [0.3, 0.4) is 0 Å². The molecule has 2 atom stereocenters. The number of halogens is 1. The lowest BCUT2D eigenvalue weighted by Crippen LogP contribution is -2.34. The van der Waals surface area contributed by atoms with Crippen LogP contribution in [0, 0.1) is 16.6 Å². The van der Waals surface area contributed by atoms with E-state index in [-0.39, 0.29) is 38.3 Å². The van der Waals surface area contributed by atoms with Gasteiger partial charge in [0.1, 0.15) is 16.6 Å². The van der Waals surface area contributed by atoms with Gasteiger partial charge in [-0.3, -0.25) is 14.4 Å². The van der Waals surface area contributed by atoms with E-state index in [1.807, 2.05) is 0 Å². The third-order valence-corrected chi connectivity index (χ3v) is 5.05. The Kier molecular flexibility index (Phi) is 3.39. The first kappa shape index (κ1) is 15.5. The third-order valence-electron chi connectivity index (χ3n) is 5.05. The molecule has 1 amide bonds. The van der Waals surface area contributed by atoms with E-state index in [0.29, 0.717) is 5.56 Å². The molecule has 1 heterocycles. The minimum absolute atomic E-state index is 0.0202. The van der Waals surface area contributed by atoms with Crippen molar-refractivity contribution in [1.82, 2.24) is 4.90 Å². The molecule has 0 unspecified atom stereocenters. The number of rotatable bonds is 5. The highest BCUT2D eigenvalue weighted by molar-refractivity contribution is 5.96. The molecule has 0 aromatic heterocycles. The van der Waals surface area contributed by atoms with E-state index in [1.165, 1.54) is 11.0 Å². The van der Waals surface area contributed by atoms with Crippen LogP contribution in [0.1, 0.15) is 18.4 Å². The van der Waals surface area contributed by atoms with E-state index >= 15 is 0 Å². The van der Waals surface area contributed by atoms with Gasteiger partial charge in [-0.25, -0.2) is 4.39 Å². The van der Waals surface area contributed by atoms with Gasteiger partial charge in [0.05, 0.1) is 0 Å². The minimum Gasteiger partial charge on any atom is -0.481 e. The fourth-order valence-corrected chi connectivity index (χ4v) is 3.57. The molecule has 1 aromatic carbocycles. The van der Waals surface area contributed by atoms with Gasteiger partial charge in [-0.2, -0.15) is 0 Å². The van der Waals surface area contributed by atoms with Crippen molar-refractivity contribution in [2.45, 2.75) is 19.3 Å². The summed E-state index contributed by atoms with van der Waals surface area (Å²) in [6, 6.07) is 6.12. The van der Waals surface area contributed by atoms with Crippen LogP contribution in [0.25, 0.3) is 0 Å². The lowest BCUT2D eigenvalue weighted by Gasteiger charge is -2.20. The van der Waals surface area contributed by atoms with Crippen molar-refractivity contribution < 1.29 is 29.0 Å². The molecule has 0 radical (unpaired) electrons. The van der Waals surface area contributed by atoms with Crippen LogP contribution in [0.5, 0.6) is 0 Å². The first-order valence-electron chi connectivity index (χ1n) is 7.30. The lowest BCUT2D eigenvalue weighted by atomic mass is 9.97. The Bertz CT molecular complexity index is 677. The summed E-state index contributed by atoms with van der Waals surface area (Å²) in [5, 5.41) is 18.6. The molecule has 2 aliphatic rings. The lowest BCUT2D eigenvalue weighted by molar-refractivity contribution is -0.151. The van der Waals surface area contributed by atoms with Crippen LogP contribution in [-0.2, 0) is 20.8 Å². The number of nitrogens with zero attached hydrogens (tertiary/aromatic N) is 1. The zero-order valence-corrected chi connectivity index (χ0v) is 12.3. The number of benzene rings is 1. The summed E-state index contributed by atoms with van der Waals surface area (Å²) >= 11 is 0. The largest absolute Gasteiger partial charge is 0.481 e. The molecule has 23 heavy (non-hydrogen) atoms. The van der Waals surface area contributed by atoms with Crippen molar-refractivity contribution in [2.75, 3.05) is 13.1 Å². The van der Waals surface area contributed by atoms with Crippen LogP contribution in [0.2, 0.25) is 0 Å². The van der Waals surface area contributed by atoms with Crippen molar-refractivity contribution in [2.24, 2.45) is 10.8 Å². The number of aliphatic carboxylic acids is 2. The Balaban J connectivity index is 1.67. The first-order valence-corrected chi connectivity index (χ1v) is 7.30. The van der Waals surface area contributed by atoms with Gasteiger partial charge in [-0.05, 0) is 24.5 Å². The van der Waals surface area contributed by atoms with Crippen molar-refractivity contribution in [3.63, 3.8) is 0 Å². The van der Waals surface area contributed by atoms with E-state index in [9.17, 15) is 29.0 Å². The van der Waals surface area contributed by atoms with E-state index < -0.39 is 28.6 Å². The molecule has 1 aliphatic heterocycles. The number of aryl methyl sites for hydroxylation is 1. The summed E-state index contributed by atoms with van der Waals surface area (Å²) in [5.41, 5.74) is -2.33. The number of piperidine rings is 1. The van der Waals surface area contributed by atoms with Crippen molar-refractivity contribution >= 4 is 17.8 Å². The number of fused-ring (bicyclic) bond motifs is 1. The summed E-state index contributed by atoms with van der Waals surface area (Å²) in [6.45, 7) is -0.185. The zero-order chi connectivity index (χ0) is 16.8. The second-order valence-corrected chi connectivity index (χ2v) is 6.29. The molecule has 1 aliphatic carbocycles. The van der Waals surface area contributed by atoms with Gasteiger partial charge >= 0.3 is 11.9 Å². The fraction of sp³-hybridized carbons (Fsp3) is 0.438. The Labute approximate surface area is 131 Å². The molecule has 6 nitrogen and oxygen atoms in total. The number of carbonyl (C=O) groups excluding carboxylic acids is 1. The van der Waals surface area contributed by atoms with E-state index in [0.717, 1.165) is 0 Å². The van der Waals surface area contributed by atoms with Crippen LogP contribution in [-0.4, -0.2) is 46.0 Å². The smallest absolute Gasteiger partial charge is 0.312 e. The molecule has 2 fully saturated rings. The Morgan fingerprint density at radius 1 is 1.09 bits per heavy atom. The summed E-state index contributed by atoms with van der Waals surface area (Å²) < 4.78 is 13.5. The zero-order valence-electron chi connectivity index (χ0n) is 12.3. The van der Waals surface area contributed by atoms with Crippen LogP contribution in [0.15, 0.2) is 24.3 Å². The molecule has 2 N–H and O–H groups in total. The number of carboxylic acid groups (broad SMARTS) is 2. The second kappa shape index (κ2) is 5.04. The number of carboxylic acids is 2. The standard InChI is InChI=1S/C16H16FNO5/c17-11-4-2-1-3-10(11)5-6-12(19)18-8-15(13(20)21)7-16(15,9-18)14(22)23/h1-4H,5-9H2,(H,20,21)(H,22,23)/t15-,16+. The van der Waals surface area contributed by atoms with Crippen LogP contribution in [0.4, 0.5) is 4.39 Å². The van der Waals surface area contributed by atoms with Gasteiger partial charge in [0.2, 0.25) is 5.91 Å². The molecule has 7 heteroatoms. The third kappa shape index (κ3) is 2.18. The Morgan fingerprint density at radius 3 is 2.17 bits per heavy atom. The van der Waals surface area contributed by atoms with Crippen LogP contribution < -0.4 is 0 Å². The second-order valence-electron chi connectivity index (χ2n) is 6.29. The Hall–Kier alpha value is -2.44. The van der Waals surface area contributed by atoms with Gasteiger partial charge < -0.3 is 15.1 Å². The van der Waals surface area contributed by atoms with Crippen LogP contribution >= 0.6 is 0 Å². The highest BCUT2D eigenvalue weighted by atomic mass is 19.1. The molecule has 3 rings (SSSR count). The highest BCUT2D eigenvalue weighted by Crippen LogP contribution is 2.68. The number of amides is 1. The maximum Gasteiger partial charge on any atom is 0.312 e. The maximum atomic E-state index is 13.5. The van der Waals surface area contributed by atoms with E-state index in [1.54, 1.807) is 18.2 Å². The van der Waals surface area contributed by atoms with Crippen molar-refractivity contribution in [1.29, 1.82) is 0 Å². The number of hydrogen-bond donors (Lipinski definition) is 2. The average Bonchev–Trinajstić information content (AvgIpc) is 3.05. The quantitative estimate of drug-likeness (QED) is 0.848. The molecule has 0 spiro atoms. The monoisotopic (exact) mass is 321 g/mol. The SMILES string of the molecule is O=C(CCc1ccccc1F)N1C[C@@]2(C(=O)O)C[C@@]2(C(=O)O)C1. The topological polar surface area (TPSA) is 94.9 Å². The van der Waals surface area contributed by atoms with Crippen molar-refractivity contribution in [3.8, 4) is 0 Å². The fourth-order valence-electron chi connectivity index (χ4n) is 3.57. The predicted molar refractivity (Wildman–Crippen MR) is 76.1 cm³/mol. The summed E-state index contributed by atoms with van der Waals surface area (Å²) in [4.78, 5) is 36.4. The molecule has 1 aromatic rings. The maximum absolute atomic E-state index is 13.5. The first-order chi connectivity index (χ1) is 10.8. The average molecular weight is 321 g/mol. The molecule has 1 saturated heterocycles. The number of likely N-dealkylation sites (tertiary alicyclic amines) is 1. The molecule has 0 bridgehead atoms. The van der Waals surface area contributed by atoms with Gasteiger partial charge in [0.25, 0.3) is 0 Å². The van der Waals surface area contributed by atoms with Gasteiger partial charge in [0.15, 0.2) is 0 Å². The summed E-state index contributed by atoms with van der Waals surface area (Å²) in [5.74, 6) is -3.09. The highest BCUT2D eigenvalue weighted by Gasteiger charge is 2.81. The number of carbonyl (C=O) groups is 3. The van der Waals surface area contributed by atoms with Crippen molar-refractivity contribution in [3.05, 3.63) is 35.6 Å². The Morgan fingerprint density at radius 2 is 1.65 bits per heavy atom. The van der Waals surface area contributed by atoms with Gasteiger partial charge in [-0.1, -0.05) is 18.2 Å². The predicted octanol–water partition coefficient (Wildman–Crippen LogP) is 1.15. The van der Waals surface area contributed by atoms with Gasteiger partial charge in [-0.15, -0.1) is 0 Å². The summed E-state index contributed by atoms with van der Waals surface area (Å²) in [6.07, 6.45) is 0.274. The molecular weight excluding hydrogens is 305 g/mol. The number of hydrogen-bond acceptors (Lipinski definition) is 3. The van der Waals surface area contributed by atoms with E-state index in [2.05, 4.69) is 0 Å². The summed E-state index contributed by atoms with van der Waals surface area (Å²) in [7, 11) is 0. The normalized spacial score (nSPS) is 28.3. The van der Waals surface area contributed by atoms with E-state index in [4.69, 9.17) is 0 Å².